The summed E-state index contributed by atoms with van der Waals surface area (Å²) >= 11 is 0. The van der Waals surface area contributed by atoms with Crippen LogP contribution in [-0.2, 0) is 28.6 Å². The lowest BCUT2D eigenvalue weighted by molar-refractivity contribution is -0.167. The Morgan fingerprint density at radius 1 is 0.299 bits per heavy atom. The number of unbranched alkanes of at least 4 members (excludes halogenated alkanes) is 37. The molecule has 0 aromatic heterocycles. The fraction of sp³-hybridized carbons (Fsp3) is 0.852. The van der Waals surface area contributed by atoms with Gasteiger partial charge in [0.25, 0.3) is 0 Å². The van der Waals surface area contributed by atoms with Gasteiger partial charge in [-0.05, 0) is 57.8 Å². The number of allylic oxidation sites excluding steroid dienone is 6. The van der Waals surface area contributed by atoms with Crippen LogP contribution >= 0.6 is 0 Å². The Morgan fingerprint density at radius 2 is 0.537 bits per heavy atom. The molecular weight excluding hydrogens is 829 g/mol. The van der Waals surface area contributed by atoms with Gasteiger partial charge in [-0.2, -0.15) is 0 Å². The summed E-state index contributed by atoms with van der Waals surface area (Å²) in [5.74, 6) is -0.868. The average Bonchev–Trinajstić information content (AvgIpc) is 3.33. The maximum Gasteiger partial charge on any atom is 0.306 e. The zero-order chi connectivity index (χ0) is 48.6. The Bertz CT molecular complexity index is 1130. The van der Waals surface area contributed by atoms with Gasteiger partial charge < -0.3 is 14.2 Å². The Kier molecular flexibility index (Phi) is 54.2. The minimum absolute atomic E-state index is 0.0718. The fourth-order valence-electron chi connectivity index (χ4n) is 8.69. The van der Waals surface area contributed by atoms with E-state index in [1.807, 2.05) is 0 Å². The van der Waals surface area contributed by atoms with Crippen LogP contribution in [0, 0.1) is 0 Å². The molecule has 0 bridgehead atoms. The van der Waals surface area contributed by atoms with Crippen LogP contribution in [0.2, 0.25) is 0 Å². The topological polar surface area (TPSA) is 78.9 Å². The van der Waals surface area contributed by atoms with E-state index in [0.717, 1.165) is 77.0 Å². The van der Waals surface area contributed by atoms with Crippen molar-refractivity contribution in [1.29, 1.82) is 0 Å². The SMILES string of the molecule is CCCCCCC/C=C\C/C=C\C/C=C\CCCCCCCCC(=O)OCC(COC(=O)CCCCCCCCCCCC)OC(=O)CCCCCCCCCCCCCCCCCCCC. The average molecular weight is 942 g/mol. The van der Waals surface area contributed by atoms with Crippen LogP contribution in [0.1, 0.15) is 316 Å². The van der Waals surface area contributed by atoms with Gasteiger partial charge in [0.05, 0.1) is 0 Å². The van der Waals surface area contributed by atoms with Gasteiger partial charge in [0.1, 0.15) is 13.2 Å². The van der Waals surface area contributed by atoms with E-state index < -0.39 is 6.10 Å². The van der Waals surface area contributed by atoms with Crippen molar-refractivity contribution in [2.45, 2.75) is 322 Å². The van der Waals surface area contributed by atoms with Crippen molar-refractivity contribution < 1.29 is 28.6 Å². The number of ether oxygens (including phenoxy) is 3. The molecule has 392 valence electrons. The standard InChI is InChI=1S/C61H112O6/c1-4-7-10-13-16-19-22-24-26-28-30-31-32-34-35-37-39-42-45-48-51-54-60(63)66-57-58(56-65-59(62)53-50-47-44-41-21-18-15-12-9-6-3)67-61(64)55-52-49-46-43-40-38-36-33-29-27-25-23-20-17-14-11-8-5-2/h22,24,28,30,32,34,58H,4-21,23,25-27,29,31,33,35-57H2,1-3H3/b24-22-,30-28-,34-32-. The molecule has 1 atom stereocenters. The first kappa shape index (κ1) is 64.6. The minimum Gasteiger partial charge on any atom is -0.462 e. The van der Waals surface area contributed by atoms with Crippen LogP contribution in [0.15, 0.2) is 36.5 Å². The van der Waals surface area contributed by atoms with Crippen molar-refractivity contribution in [3.63, 3.8) is 0 Å². The molecule has 0 fully saturated rings. The summed E-state index contributed by atoms with van der Waals surface area (Å²) in [5, 5.41) is 0. The molecule has 0 aromatic rings. The van der Waals surface area contributed by atoms with Crippen molar-refractivity contribution in [3.8, 4) is 0 Å². The number of hydrogen-bond donors (Lipinski definition) is 0. The molecular formula is C61H112O6. The molecule has 0 radical (unpaired) electrons. The Hall–Kier alpha value is -2.37. The summed E-state index contributed by atoms with van der Waals surface area (Å²) in [6, 6.07) is 0. The molecule has 0 saturated carbocycles. The first-order valence-corrected chi connectivity index (χ1v) is 29.5. The predicted octanol–water partition coefficient (Wildman–Crippen LogP) is 19.7. The highest BCUT2D eigenvalue weighted by atomic mass is 16.6. The predicted molar refractivity (Wildman–Crippen MR) is 289 cm³/mol. The van der Waals surface area contributed by atoms with Crippen LogP contribution in [0.25, 0.3) is 0 Å². The number of carbonyl (C=O) groups excluding carboxylic acids is 3. The number of rotatable bonds is 54. The van der Waals surface area contributed by atoms with Gasteiger partial charge in [0, 0.05) is 19.3 Å². The molecule has 0 aliphatic heterocycles. The van der Waals surface area contributed by atoms with Gasteiger partial charge >= 0.3 is 17.9 Å². The van der Waals surface area contributed by atoms with E-state index in [4.69, 9.17) is 14.2 Å². The van der Waals surface area contributed by atoms with E-state index in [-0.39, 0.29) is 31.1 Å². The lowest BCUT2D eigenvalue weighted by Gasteiger charge is -2.18. The number of carbonyl (C=O) groups is 3. The third kappa shape index (κ3) is 54.4. The third-order valence-corrected chi connectivity index (χ3v) is 13.1. The highest BCUT2D eigenvalue weighted by Crippen LogP contribution is 2.17. The van der Waals surface area contributed by atoms with Crippen molar-refractivity contribution in [3.05, 3.63) is 36.5 Å². The molecule has 67 heavy (non-hydrogen) atoms. The molecule has 0 rings (SSSR count). The molecule has 0 aliphatic carbocycles. The Balaban J connectivity index is 4.28. The van der Waals surface area contributed by atoms with E-state index in [0.29, 0.717) is 19.3 Å². The molecule has 1 unspecified atom stereocenters. The van der Waals surface area contributed by atoms with E-state index >= 15 is 0 Å². The second kappa shape index (κ2) is 56.2. The van der Waals surface area contributed by atoms with Crippen LogP contribution in [-0.4, -0.2) is 37.2 Å². The summed E-state index contributed by atoms with van der Waals surface area (Å²) < 4.78 is 16.9. The summed E-state index contributed by atoms with van der Waals surface area (Å²) in [6.45, 7) is 6.65. The minimum atomic E-state index is -0.773. The van der Waals surface area contributed by atoms with Gasteiger partial charge in [-0.25, -0.2) is 0 Å². The van der Waals surface area contributed by atoms with E-state index in [1.54, 1.807) is 0 Å². The smallest absolute Gasteiger partial charge is 0.306 e. The van der Waals surface area contributed by atoms with Crippen molar-refractivity contribution in [2.75, 3.05) is 13.2 Å². The van der Waals surface area contributed by atoms with Crippen molar-refractivity contribution in [1.82, 2.24) is 0 Å². The number of hydrogen-bond acceptors (Lipinski definition) is 6. The molecule has 0 aromatic carbocycles. The zero-order valence-electron chi connectivity index (χ0n) is 44.9. The second-order valence-electron chi connectivity index (χ2n) is 19.9. The summed E-state index contributed by atoms with van der Waals surface area (Å²) in [6.07, 6.45) is 67.1. The van der Waals surface area contributed by atoms with Crippen LogP contribution in [0.5, 0.6) is 0 Å². The number of esters is 3. The summed E-state index contributed by atoms with van der Waals surface area (Å²) in [7, 11) is 0. The van der Waals surface area contributed by atoms with Crippen molar-refractivity contribution in [2.24, 2.45) is 0 Å². The van der Waals surface area contributed by atoms with Crippen LogP contribution < -0.4 is 0 Å². The first-order valence-electron chi connectivity index (χ1n) is 29.5. The molecule has 0 N–H and O–H groups in total. The van der Waals surface area contributed by atoms with Crippen LogP contribution in [0.4, 0.5) is 0 Å². The van der Waals surface area contributed by atoms with Gasteiger partial charge in [-0.15, -0.1) is 0 Å². The van der Waals surface area contributed by atoms with Crippen molar-refractivity contribution >= 4 is 17.9 Å². The molecule has 0 saturated heterocycles. The molecule has 0 aliphatic rings. The Labute approximate surface area is 416 Å². The van der Waals surface area contributed by atoms with E-state index in [1.165, 1.54) is 199 Å². The molecule has 6 nitrogen and oxygen atoms in total. The van der Waals surface area contributed by atoms with Gasteiger partial charge in [0.2, 0.25) is 0 Å². The highest BCUT2D eigenvalue weighted by molar-refractivity contribution is 5.71. The second-order valence-corrected chi connectivity index (χ2v) is 19.9. The molecule has 0 spiro atoms. The lowest BCUT2D eigenvalue weighted by Crippen LogP contribution is -2.30. The summed E-state index contributed by atoms with van der Waals surface area (Å²) in [4.78, 5) is 38.1. The maximum atomic E-state index is 12.8. The quantitative estimate of drug-likeness (QED) is 0.0262. The normalized spacial score (nSPS) is 12.2. The third-order valence-electron chi connectivity index (χ3n) is 13.1. The van der Waals surface area contributed by atoms with Gasteiger partial charge in [-0.3, -0.25) is 14.4 Å². The molecule has 0 heterocycles. The monoisotopic (exact) mass is 941 g/mol. The first-order chi connectivity index (χ1) is 33.0. The van der Waals surface area contributed by atoms with E-state index in [9.17, 15) is 14.4 Å². The maximum absolute atomic E-state index is 12.8. The largest absolute Gasteiger partial charge is 0.462 e. The fourth-order valence-corrected chi connectivity index (χ4v) is 8.69. The van der Waals surface area contributed by atoms with Gasteiger partial charge in [0.15, 0.2) is 6.10 Å². The van der Waals surface area contributed by atoms with Gasteiger partial charge in [-0.1, -0.05) is 276 Å². The van der Waals surface area contributed by atoms with Crippen LogP contribution in [0.3, 0.4) is 0 Å². The molecule has 6 heteroatoms. The highest BCUT2D eigenvalue weighted by Gasteiger charge is 2.19. The lowest BCUT2D eigenvalue weighted by atomic mass is 10.0. The molecule has 0 amide bonds. The van der Waals surface area contributed by atoms with E-state index in [2.05, 4.69) is 57.2 Å². The Morgan fingerprint density at radius 3 is 0.836 bits per heavy atom. The zero-order valence-corrected chi connectivity index (χ0v) is 44.9. The summed E-state index contributed by atoms with van der Waals surface area (Å²) in [5.41, 5.74) is 0.